The second-order valence-electron chi connectivity index (χ2n) is 5.56. The van der Waals surface area contributed by atoms with Crippen LogP contribution in [0.15, 0.2) is 0 Å². The fourth-order valence-electron chi connectivity index (χ4n) is 1.11. The Balaban J connectivity index is -0.0000000706. The zero-order valence-corrected chi connectivity index (χ0v) is 20.0. The van der Waals surface area contributed by atoms with Crippen molar-refractivity contribution in [2.75, 3.05) is 6.61 Å². The SMILES string of the molecule is CC(=O)O.CC(=O)O.CC(=O)O.CC(=O)O.CC(=O)O.CCCCCCCC(=O)OCC. The smallest absolute Gasteiger partial charge is 0.305 e. The summed E-state index contributed by atoms with van der Waals surface area (Å²) in [7, 11) is 0. The molecule has 0 aliphatic rings. The molecule has 0 fully saturated rings. The van der Waals surface area contributed by atoms with Crippen LogP contribution in [0.25, 0.3) is 0 Å². The van der Waals surface area contributed by atoms with Crippen molar-refractivity contribution in [3.8, 4) is 0 Å². The summed E-state index contributed by atoms with van der Waals surface area (Å²) in [5.74, 6) is -4.21. The molecule has 0 aromatic rings. The molecule has 12 nitrogen and oxygen atoms in total. The first-order valence-electron chi connectivity index (χ1n) is 9.60. The minimum absolute atomic E-state index is 0.0472. The molecule has 0 rings (SSSR count). The standard InChI is InChI=1S/C10H20O2.5C2H4O2/c1-3-5-6-7-8-9-10(11)12-4-2;5*1-2(3)4/h3-9H2,1-2H3;5*1H3,(H,3,4). The maximum atomic E-state index is 10.9. The lowest BCUT2D eigenvalue weighted by atomic mass is 10.1. The molecule has 0 aliphatic heterocycles. The molecule has 0 amide bonds. The third kappa shape index (κ3) is 384. The average Bonchev–Trinajstić information content (AvgIpc) is 2.52. The second kappa shape index (κ2) is 38.4. The third-order valence-electron chi connectivity index (χ3n) is 1.79. The Kier molecular flexibility index (Phi) is 51.4. The quantitative estimate of drug-likeness (QED) is 0.266. The Hall–Kier alpha value is -3.18. The second-order valence-corrected chi connectivity index (χ2v) is 5.56. The third-order valence-corrected chi connectivity index (χ3v) is 1.79. The van der Waals surface area contributed by atoms with Crippen molar-refractivity contribution in [3.05, 3.63) is 0 Å². The Morgan fingerprint density at radius 2 is 0.781 bits per heavy atom. The summed E-state index contributed by atoms with van der Waals surface area (Å²) in [6.45, 7) is 9.95. The fraction of sp³-hybridized carbons (Fsp3) is 0.700. The number of carbonyl (C=O) groups is 6. The topological polar surface area (TPSA) is 213 Å². The van der Waals surface area contributed by atoms with Gasteiger partial charge in [0.1, 0.15) is 0 Å². The molecule has 0 aromatic heterocycles. The average molecular weight is 473 g/mol. The van der Waals surface area contributed by atoms with Gasteiger partial charge in [-0.2, -0.15) is 0 Å². The molecule has 0 spiro atoms. The summed E-state index contributed by atoms with van der Waals surface area (Å²) in [6.07, 6.45) is 6.52. The van der Waals surface area contributed by atoms with Gasteiger partial charge in [0.15, 0.2) is 0 Å². The predicted molar refractivity (Wildman–Crippen MR) is 117 cm³/mol. The van der Waals surface area contributed by atoms with E-state index in [1.165, 1.54) is 19.3 Å². The van der Waals surface area contributed by atoms with Gasteiger partial charge in [0.05, 0.1) is 6.61 Å². The van der Waals surface area contributed by atoms with Gasteiger partial charge in [0, 0.05) is 41.0 Å². The van der Waals surface area contributed by atoms with Crippen LogP contribution in [0.1, 0.15) is 87.0 Å². The van der Waals surface area contributed by atoms with E-state index in [0.717, 1.165) is 47.5 Å². The van der Waals surface area contributed by atoms with E-state index >= 15 is 0 Å². The summed E-state index contributed by atoms with van der Waals surface area (Å²) < 4.78 is 4.81. The fourth-order valence-corrected chi connectivity index (χ4v) is 1.11. The van der Waals surface area contributed by atoms with Crippen LogP contribution in [0.3, 0.4) is 0 Å². The minimum atomic E-state index is -0.833. The number of carboxylic acid groups (broad SMARTS) is 5. The monoisotopic (exact) mass is 472 g/mol. The van der Waals surface area contributed by atoms with Crippen molar-refractivity contribution in [3.63, 3.8) is 0 Å². The zero-order valence-electron chi connectivity index (χ0n) is 20.0. The van der Waals surface area contributed by atoms with Gasteiger partial charge in [-0.05, 0) is 13.3 Å². The first-order chi connectivity index (χ1) is 14.5. The van der Waals surface area contributed by atoms with Gasteiger partial charge in [-0.25, -0.2) is 0 Å². The molecule has 5 N–H and O–H groups in total. The van der Waals surface area contributed by atoms with Gasteiger partial charge < -0.3 is 30.3 Å². The molecule has 192 valence electrons. The van der Waals surface area contributed by atoms with E-state index < -0.39 is 29.8 Å². The lowest BCUT2D eigenvalue weighted by Gasteiger charge is -2.00. The van der Waals surface area contributed by atoms with E-state index in [9.17, 15) is 4.79 Å². The molecule has 0 aliphatic carbocycles. The highest BCUT2D eigenvalue weighted by molar-refractivity contribution is 5.69. The maximum absolute atomic E-state index is 10.9. The van der Waals surface area contributed by atoms with Crippen LogP contribution in [0.5, 0.6) is 0 Å². The van der Waals surface area contributed by atoms with Crippen molar-refractivity contribution >= 4 is 35.8 Å². The van der Waals surface area contributed by atoms with Gasteiger partial charge in [-0.15, -0.1) is 0 Å². The van der Waals surface area contributed by atoms with E-state index in [1.807, 2.05) is 6.92 Å². The van der Waals surface area contributed by atoms with Crippen molar-refractivity contribution in [2.45, 2.75) is 87.0 Å². The van der Waals surface area contributed by atoms with Crippen molar-refractivity contribution in [2.24, 2.45) is 0 Å². The Morgan fingerprint density at radius 1 is 0.531 bits per heavy atom. The minimum Gasteiger partial charge on any atom is -0.481 e. The maximum Gasteiger partial charge on any atom is 0.305 e. The summed E-state index contributed by atoms with van der Waals surface area (Å²) in [5, 5.41) is 37.1. The number of ether oxygens (including phenoxy) is 1. The normalized spacial score (nSPS) is 7.59. The summed E-state index contributed by atoms with van der Waals surface area (Å²) >= 11 is 0. The zero-order chi connectivity index (χ0) is 27.1. The van der Waals surface area contributed by atoms with Gasteiger partial charge in [-0.1, -0.05) is 32.6 Å². The van der Waals surface area contributed by atoms with Crippen molar-refractivity contribution in [1.29, 1.82) is 0 Å². The highest BCUT2D eigenvalue weighted by Crippen LogP contribution is 2.05. The number of carbonyl (C=O) groups excluding carboxylic acids is 1. The molecular weight excluding hydrogens is 432 g/mol. The molecule has 0 unspecified atom stereocenters. The number of unbranched alkanes of at least 4 members (excludes halogenated alkanes) is 4. The highest BCUT2D eigenvalue weighted by Gasteiger charge is 1.99. The van der Waals surface area contributed by atoms with Gasteiger partial charge in [-0.3, -0.25) is 28.8 Å². The molecule has 0 saturated heterocycles. The lowest BCUT2D eigenvalue weighted by Crippen LogP contribution is -2.02. The van der Waals surface area contributed by atoms with E-state index in [0.29, 0.717) is 13.0 Å². The van der Waals surface area contributed by atoms with Gasteiger partial charge in [0.2, 0.25) is 0 Å². The highest BCUT2D eigenvalue weighted by atomic mass is 16.5. The number of hydrogen-bond donors (Lipinski definition) is 5. The summed E-state index contributed by atoms with van der Waals surface area (Å²) in [6, 6.07) is 0. The molecule has 0 aromatic carbocycles. The largest absolute Gasteiger partial charge is 0.481 e. The first-order valence-corrected chi connectivity index (χ1v) is 9.60. The number of hydrogen-bond acceptors (Lipinski definition) is 7. The number of carboxylic acids is 5. The summed E-state index contributed by atoms with van der Waals surface area (Å²) in [4.78, 5) is 55.9. The van der Waals surface area contributed by atoms with Crippen LogP contribution in [0.2, 0.25) is 0 Å². The lowest BCUT2D eigenvalue weighted by molar-refractivity contribution is -0.143. The molecule has 0 heterocycles. The Morgan fingerprint density at radius 3 is 1.00 bits per heavy atom. The van der Waals surface area contributed by atoms with Crippen molar-refractivity contribution in [1.82, 2.24) is 0 Å². The first kappa shape index (κ1) is 42.8. The van der Waals surface area contributed by atoms with E-state index in [1.54, 1.807) is 0 Å². The van der Waals surface area contributed by atoms with Crippen molar-refractivity contribution < 1.29 is 59.0 Å². The van der Waals surface area contributed by atoms with Crippen LogP contribution < -0.4 is 0 Å². The molecular formula is C20H40O12. The van der Waals surface area contributed by atoms with Gasteiger partial charge in [0.25, 0.3) is 29.8 Å². The van der Waals surface area contributed by atoms with E-state index in [-0.39, 0.29) is 5.97 Å². The van der Waals surface area contributed by atoms with E-state index in [4.69, 9.17) is 54.2 Å². The molecule has 0 saturated carbocycles. The molecule has 0 radical (unpaired) electrons. The number of rotatable bonds is 7. The van der Waals surface area contributed by atoms with Crippen LogP contribution >= 0.6 is 0 Å². The number of aliphatic carboxylic acids is 5. The number of esters is 1. The van der Waals surface area contributed by atoms with Crippen LogP contribution in [0, 0.1) is 0 Å². The molecule has 0 bridgehead atoms. The molecule has 32 heavy (non-hydrogen) atoms. The summed E-state index contributed by atoms with van der Waals surface area (Å²) in [5.41, 5.74) is 0. The predicted octanol–water partition coefficient (Wildman–Crippen LogP) is 3.36. The molecule has 0 atom stereocenters. The van der Waals surface area contributed by atoms with Gasteiger partial charge >= 0.3 is 5.97 Å². The Labute approximate surface area is 189 Å². The van der Waals surface area contributed by atoms with Crippen LogP contribution in [0.4, 0.5) is 0 Å². The molecule has 12 heteroatoms. The van der Waals surface area contributed by atoms with E-state index in [2.05, 4.69) is 6.92 Å². The van der Waals surface area contributed by atoms with Crippen LogP contribution in [-0.2, 0) is 33.5 Å². The van der Waals surface area contributed by atoms with Crippen LogP contribution in [-0.4, -0.2) is 68.0 Å². The Bertz CT molecular complexity index is 397.